The Balaban J connectivity index is 2.12. The van der Waals surface area contributed by atoms with E-state index in [-0.39, 0.29) is 22.7 Å². The van der Waals surface area contributed by atoms with E-state index in [1.807, 2.05) is 0 Å². The molecule has 1 aromatic heterocycles. The van der Waals surface area contributed by atoms with Crippen molar-refractivity contribution >= 4 is 23.5 Å². The monoisotopic (exact) mass is 311 g/mol. The van der Waals surface area contributed by atoms with Crippen LogP contribution in [0.25, 0.3) is 0 Å². The molecule has 0 bridgehead atoms. The summed E-state index contributed by atoms with van der Waals surface area (Å²) in [5.41, 5.74) is -0.627. The van der Waals surface area contributed by atoms with Crippen LogP contribution in [0.15, 0.2) is 12.4 Å². The molecule has 1 unspecified atom stereocenters. The van der Waals surface area contributed by atoms with E-state index in [9.17, 15) is 14.7 Å². The third-order valence-corrected chi connectivity index (χ3v) is 4.32. The average Bonchev–Trinajstić information content (AvgIpc) is 2.47. The molecule has 0 saturated carbocycles. The summed E-state index contributed by atoms with van der Waals surface area (Å²) in [5, 5.41) is 9.56. The summed E-state index contributed by atoms with van der Waals surface area (Å²) in [5.74, 6) is -1.15. The van der Waals surface area contributed by atoms with E-state index >= 15 is 0 Å². The molecule has 0 radical (unpaired) electrons. The lowest BCUT2D eigenvalue weighted by Gasteiger charge is -2.39. The zero-order valence-electron chi connectivity index (χ0n) is 12.0. The van der Waals surface area contributed by atoms with Crippen molar-refractivity contribution < 1.29 is 14.7 Å². The van der Waals surface area contributed by atoms with E-state index in [0.717, 1.165) is 12.8 Å². The molecule has 1 atom stereocenters. The first-order chi connectivity index (χ1) is 9.82. The molecular weight excluding hydrogens is 294 g/mol. The van der Waals surface area contributed by atoms with Crippen LogP contribution in [-0.4, -0.2) is 44.9 Å². The molecule has 21 heavy (non-hydrogen) atoms. The number of rotatable bonds is 3. The number of piperidine rings is 1. The van der Waals surface area contributed by atoms with E-state index in [0.29, 0.717) is 13.1 Å². The van der Waals surface area contributed by atoms with Gasteiger partial charge in [0.15, 0.2) is 0 Å². The Bertz CT molecular complexity index is 545. The Kier molecular flexibility index (Phi) is 4.46. The molecule has 114 valence electrons. The summed E-state index contributed by atoms with van der Waals surface area (Å²) in [4.78, 5) is 33.2. The fourth-order valence-corrected chi connectivity index (χ4v) is 2.61. The summed E-state index contributed by atoms with van der Waals surface area (Å²) in [7, 11) is 0. The average molecular weight is 312 g/mol. The van der Waals surface area contributed by atoms with Gasteiger partial charge in [0.05, 0.1) is 17.8 Å². The van der Waals surface area contributed by atoms with Crippen LogP contribution in [0, 0.1) is 11.3 Å². The van der Waals surface area contributed by atoms with E-state index < -0.39 is 11.4 Å². The second-order valence-electron chi connectivity index (χ2n) is 5.84. The first kappa shape index (κ1) is 15.7. The quantitative estimate of drug-likeness (QED) is 0.924. The normalized spacial score (nSPS) is 19.4. The van der Waals surface area contributed by atoms with Gasteiger partial charge in [0, 0.05) is 13.1 Å². The van der Waals surface area contributed by atoms with Gasteiger partial charge in [0.25, 0.3) is 5.91 Å². The lowest BCUT2D eigenvalue weighted by Crippen LogP contribution is -2.47. The molecule has 1 aromatic rings. The van der Waals surface area contributed by atoms with Gasteiger partial charge in [-0.05, 0) is 32.6 Å². The van der Waals surface area contributed by atoms with Crippen molar-refractivity contribution in [3.05, 3.63) is 23.2 Å². The van der Waals surface area contributed by atoms with Crippen LogP contribution in [0.4, 0.5) is 0 Å². The third kappa shape index (κ3) is 3.32. The van der Waals surface area contributed by atoms with E-state index in [1.54, 1.807) is 18.7 Å². The molecule has 1 aliphatic rings. The van der Waals surface area contributed by atoms with Gasteiger partial charge in [-0.2, -0.15) is 0 Å². The van der Waals surface area contributed by atoms with E-state index in [2.05, 4.69) is 9.97 Å². The molecule has 2 rings (SSSR count). The van der Waals surface area contributed by atoms with Crippen LogP contribution >= 0.6 is 11.6 Å². The highest BCUT2D eigenvalue weighted by atomic mass is 35.5. The first-order valence-electron chi connectivity index (χ1n) is 6.82. The lowest BCUT2D eigenvalue weighted by molar-refractivity contribution is -0.151. The van der Waals surface area contributed by atoms with Gasteiger partial charge in [-0.15, -0.1) is 0 Å². The second-order valence-corrected chi connectivity index (χ2v) is 6.23. The number of likely N-dealkylation sites (tertiary alicyclic amines) is 1. The molecule has 1 aliphatic heterocycles. The van der Waals surface area contributed by atoms with Gasteiger partial charge in [-0.25, -0.2) is 9.97 Å². The fourth-order valence-electron chi connectivity index (χ4n) is 2.51. The van der Waals surface area contributed by atoms with Crippen molar-refractivity contribution in [1.29, 1.82) is 0 Å². The molecular formula is C14H18ClN3O3. The smallest absolute Gasteiger partial charge is 0.309 e. The minimum atomic E-state index is -0.857. The van der Waals surface area contributed by atoms with Crippen molar-refractivity contribution in [2.24, 2.45) is 11.3 Å². The highest BCUT2D eigenvalue weighted by Gasteiger charge is 2.40. The lowest BCUT2D eigenvalue weighted by atomic mass is 9.74. The van der Waals surface area contributed by atoms with Crippen LogP contribution in [-0.2, 0) is 4.79 Å². The Morgan fingerprint density at radius 2 is 2.10 bits per heavy atom. The van der Waals surface area contributed by atoms with Crippen molar-refractivity contribution in [2.75, 3.05) is 13.1 Å². The largest absolute Gasteiger partial charge is 0.481 e. The predicted molar refractivity (Wildman–Crippen MR) is 77.1 cm³/mol. The maximum absolute atomic E-state index is 12.4. The van der Waals surface area contributed by atoms with Gasteiger partial charge in [0.2, 0.25) is 0 Å². The maximum Gasteiger partial charge on any atom is 0.309 e. The number of nitrogens with zero attached hydrogens (tertiary/aromatic N) is 3. The summed E-state index contributed by atoms with van der Waals surface area (Å²) in [6.45, 7) is 4.43. The molecule has 1 fully saturated rings. The number of carbonyl (C=O) groups excluding carboxylic acids is 1. The number of amides is 1. The Morgan fingerprint density at radius 3 is 2.67 bits per heavy atom. The van der Waals surface area contributed by atoms with Crippen LogP contribution < -0.4 is 0 Å². The number of carbonyl (C=O) groups is 2. The number of aromatic nitrogens is 2. The van der Waals surface area contributed by atoms with Crippen LogP contribution in [0.5, 0.6) is 0 Å². The molecule has 1 N–H and O–H groups in total. The molecule has 0 spiro atoms. The number of carboxylic acids is 1. The summed E-state index contributed by atoms with van der Waals surface area (Å²) in [6.07, 6.45) is 4.26. The molecule has 6 nitrogen and oxygen atoms in total. The minimum Gasteiger partial charge on any atom is -0.481 e. The van der Waals surface area contributed by atoms with Crippen LogP contribution in [0.3, 0.4) is 0 Å². The van der Waals surface area contributed by atoms with E-state index in [4.69, 9.17) is 11.6 Å². The van der Waals surface area contributed by atoms with Crippen molar-refractivity contribution in [3.63, 3.8) is 0 Å². The Hall–Kier alpha value is -1.69. The van der Waals surface area contributed by atoms with E-state index in [1.165, 1.54) is 12.4 Å². The highest BCUT2D eigenvalue weighted by Crippen LogP contribution is 2.34. The standard InChI is InChI=1S/C14H18ClN3O3/c1-14(2,13(20)21)9-4-3-5-18(8-9)12(19)10-6-17-11(15)7-16-10/h6-7,9H,3-5,8H2,1-2H3,(H,20,21). The topological polar surface area (TPSA) is 83.4 Å². The van der Waals surface area contributed by atoms with Crippen molar-refractivity contribution in [1.82, 2.24) is 14.9 Å². The Labute approximate surface area is 128 Å². The minimum absolute atomic E-state index is 0.0760. The van der Waals surface area contributed by atoms with Gasteiger partial charge >= 0.3 is 5.97 Å². The van der Waals surface area contributed by atoms with Gasteiger partial charge in [0.1, 0.15) is 10.8 Å². The van der Waals surface area contributed by atoms with Gasteiger partial charge < -0.3 is 10.0 Å². The summed E-state index contributed by atoms with van der Waals surface area (Å²) < 4.78 is 0. The number of hydrogen-bond acceptors (Lipinski definition) is 4. The molecule has 0 aromatic carbocycles. The maximum atomic E-state index is 12.4. The number of carboxylic acid groups (broad SMARTS) is 1. The van der Waals surface area contributed by atoms with Crippen LogP contribution in [0.1, 0.15) is 37.2 Å². The fraction of sp³-hybridized carbons (Fsp3) is 0.571. The number of halogens is 1. The number of hydrogen-bond donors (Lipinski definition) is 1. The first-order valence-corrected chi connectivity index (χ1v) is 7.20. The second kappa shape index (κ2) is 5.97. The molecule has 1 amide bonds. The van der Waals surface area contributed by atoms with Crippen LogP contribution in [0.2, 0.25) is 5.15 Å². The van der Waals surface area contributed by atoms with Gasteiger partial charge in [-0.3, -0.25) is 9.59 Å². The summed E-state index contributed by atoms with van der Waals surface area (Å²) in [6, 6.07) is 0. The SMILES string of the molecule is CC(C)(C(=O)O)C1CCCN(C(=O)c2cnc(Cl)cn2)C1. The predicted octanol–water partition coefficient (Wildman–Crippen LogP) is 2.09. The van der Waals surface area contributed by atoms with Crippen molar-refractivity contribution in [2.45, 2.75) is 26.7 Å². The third-order valence-electron chi connectivity index (χ3n) is 4.12. The molecule has 0 aliphatic carbocycles. The molecule has 1 saturated heterocycles. The molecule has 2 heterocycles. The van der Waals surface area contributed by atoms with Gasteiger partial charge in [-0.1, -0.05) is 11.6 Å². The zero-order valence-corrected chi connectivity index (χ0v) is 12.8. The number of aliphatic carboxylic acids is 1. The molecule has 7 heteroatoms. The highest BCUT2D eigenvalue weighted by molar-refractivity contribution is 6.29. The van der Waals surface area contributed by atoms with Crippen molar-refractivity contribution in [3.8, 4) is 0 Å². The summed E-state index contributed by atoms with van der Waals surface area (Å²) >= 11 is 5.66. The zero-order chi connectivity index (χ0) is 15.6. The Morgan fingerprint density at radius 1 is 1.38 bits per heavy atom.